The molecule has 8 nitrogen and oxygen atoms in total. The number of rotatable bonds is 6. The summed E-state index contributed by atoms with van der Waals surface area (Å²) in [6.07, 6.45) is 3.76. The Bertz CT molecular complexity index is 649. The van der Waals surface area contributed by atoms with E-state index in [1.807, 2.05) is 50.8 Å². The molecule has 0 bridgehead atoms. The molecule has 2 heterocycles. The number of halogens is 1. The predicted molar refractivity (Wildman–Crippen MR) is 110 cm³/mol. The van der Waals surface area contributed by atoms with E-state index in [1.165, 1.54) is 6.92 Å². The zero-order chi connectivity index (χ0) is 21.1. The molecule has 0 aliphatic rings. The van der Waals surface area contributed by atoms with Crippen LogP contribution in [0.2, 0.25) is 0 Å². The topological polar surface area (TPSA) is 104 Å². The van der Waals surface area contributed by atoms with Gasteiger partial charge in [-0.25, -0.2) is 0 Å². The maximum absolute atomic E-state index is 7.32. The van der Waals surface area contributed by atoms with Crippen LogP contribution in [0.3, 0.4) is 0 Å². The molecule has 0 aliphatic carbocycles. The van der Waals surface area contributed by atoms with Crippen molar-refractivity contribution in [2.24, 2.45) is 0 Å². The van der Waals surface area contributed by atoms with Crippen molar-refractivity contribution in [3.05, 3.63) is 29.1 Å². The summed E-state index contributed by atoms with van der Waals surface area (Å²) in [5.41, 5.74) is 5.11. The van der Waals surface area contributed by atoms with Gasteiger partial charge in [0.15, 0.2) is 0 Å². The second-order valence-electron chi connectivity index (χ2n) is 6.93. The van der Waals surface area contributed by atoms with Gasteiger partial charge in [-0.3, -0.25) is 9.36 Å². The van der Waals surface area contributed by atoms with Crippen molar-refractivity contribution >= 4 is 21.7 Å². The van der Waals surface area contributed by atoms with E-state index < -0.39 is 0 Å². The number of aromatic nitrogens is 4. The van der Waals surface area contributed by atoms with Crippen LogP contribution in [-0.4, -0.2) is 45.0 Å². The SMILES string of the molecule is CC#N.COC(C)(C)Cn1ccc(Br)n1.COC(C)(C)Cn1ccc(N)n1. The van der Waals surface area contributed by atoms with Crippen molar-refractivity contribution in [3.8, 4) is 6.07 Å². The fourth-order valence-electron chi connectivity index (χ4n) is 1.80. The first-order valence-corrected chi connectivity index (χ1v) is 9.17. The molecule has 0 aromatic carbocycles. The number of anilines is 1. The molecule has 0 aliphatic heterocycles. The van der Waals surface area contributed by atoms with E-state index in [1.54, 1.807) is 31.0 Å². The molecule has 0 saturated carbocycles. The van der Waals surface area contributed by atoms with Gasteiger partial charge in [-0.2, -0.15) is 15.5 Å². The average molecular weight is 443 g/mol. The van der Waals surface area contributed by atoms with Gasteiger partial charge in [0.25, 0.3) is 0 Å². The van der Waals surface area contributed by atoms with E-state index in [0.717, 1.165) is 11.1 Å². The van der Waals surface area contributed by atoms with Gasteiger partial charge in [-0.1, -0.05) is 0 Å². The molecular formula is C18H31BrN6O2. The molecule has 2 rings (SSSR count). The zero-order valence-electron chi connectivity index (χ0n) is 17.2. The van der Waals surface area contributed by atoms with Crippen LogP contribution in [0.25, 0.3) is 0 Å². The Morgan fingerprint density at radius 1 is 1.04 bits per heavy atom. The summed E-state index contributed by atoms with van der Waals surface area (Å²) in [4.78, 5) is 0. The van der Waals surface area contributed by atoms with Crippen molar-refractivity contribution in [1.29, 1.82) is 5.26 Å². The van der Waals surface area contributed by atoms with Crippen LogP contribution in [0.15, 0.2) is 29.1 Å². The number of hydrogen-bond acceptors (Lipinski definition) is 6. The summed E-state index contributed by atoms with van der Waals surface area (Å²) in [5.74, 6) is 0.543. The predicted octanol–water partition coefficient (Wildman–Crippen LogP) is 3.49. The quantitative estimate of drug-likeness (QED) is 0.733. The highest BCUT2D eigenvalue weighted by Gasteiger charge is 2.17. The maximum atomic E-state index is 7.32. The van der Waals surface area contributed by atoms with Gasteiger partial charge in [-0.15, -0.1) is 0 Å². The number of ether oxygens (including phenoxy) is 2. The molecule has 0 atom stereocenters. The molecule has 0 unspecified atom stereocenters. The number of nitrogen functional groups attached to an aromatic ring is 1. The summed E-state index contributed by atoms with van der Waals surface area (Å²) in [5, 5.41) is 15.6. The number of nitriles is 1. The van der Waals surface area contributed by atoms with E-state index in [2.05, 4.69) is 26.1 Å². The fraction of sp³-hybridized carbons (Fsp3) is 0.611. The van der Waals surface area contributed by atoms with Crippen LogP contribution >= 0.6 is 15.9 Å². The van der Waals surface area contributed by atoms with E-state index in [9.17, 15) is 0 Å². The highest BCUT2D eigenvalue weighted by molar-refractivity contribution is 9.10. The molecular weight excluding hydrogens is 412 g/mol. The minimum Gasteiger partial charge on any atom is -0.382 e. The second-order valence-corrected chi connectivity index (χ2v) is 7.74. The molecule has 0 spiro atoms. The minimum atomic E-state index is -0.196. The van der Waals surface area contributed by atoms with Crippen molar-refractivity contribution in [1.82, 2.24) is 19.6 Å². The molecule has 2 aromatic heterocycles. The van der Waals surface area contributed by atoms with Crippen molar-refractivity contribution in [2.75, 3.05) is 20.0 Å². The van der Waals surface area contributed by atoms with Gasteiger partial charge in [0.2, 0.25) is 0 Å². The Hall–Kier alpha value is -1.89. The van der Waals surface area contributed by atoms with Gasteiger partial charge < -0.3 is 15.2 Å². The zero-order valence-corrected chi connectivity index (χ0v) is 18.8. The standard InChI is InChI=1S/C8H13BrN2O.C8H15N3O.C2H3N/c2*1-8(2,12-3)6-11-5-4-7(9)10-11;1-2-3/h4-5H,6H2,1-3H3;4-5H,6H2,1-3H3,(H2,9,10);1H3. The van der Waals surface area contributed by atoms with Crippen molar-refractivity contribution in [2.45, 2.75) is 58.9 Å². The third-order valence-electron chi connectivity index (χ3n) is 3.46. The summed E-state index contributed by atoms with van der Waals surface area (Å²) in [7, 11) is 3.39. The summed E-state index contributed by atoms with van der Waals surface area (Å²) >= 11 is 3.29. The third kappa shape index (κ3) is 11.4. The number of nitrogens with zero attached hydrogens (tertiary/aromatic N) is 5. The molecule has 27 heavy (non-hydrogen) atoms. The number of nitrogens with two attached hydrogens (primary N) is 1. The Balaban J connectivity index is 0.000000438. The van der Waals surface area contributed by atoms with E-state index in [0.29, 0.717) is 12.4 Å². The normalized spacial score (nSPS) is 10.9. The van der Waals surface area contributed by atoms with E-state index >= 15 is 0 Å². The lowest BCUT2D eigenvalue weighted by Crippen LogP contribution is -2.29. The van der Waals surface area contributed by atoms with Gasteiger partial charge in [-0.05, 0) is 55.8 Å². The largest absolute Gasteiger partial charge is 0.382 e. The lowest BCUT2D eigenvalue weighted by Gasteiger charge is -2.22. The third-order valence-corrected chi connectivity index (χ3v) is 3.88. The van der Waals surface area contributed by atoms with Gasteiger partial charge in [0.1, 0.15) is 10.4 Å². The van der Waals surface area contributed by atoms with Crippen LogP contribution in [0.1, 0.15) is 34.6 Å². The number of hydrogen-bond donors (Lipinski definition) is 1. The first-order chi connectivity index (χ1) is 12.5. The van der Waals surface area contributed by atoms with Crippen LogP contribution < -0.4 is 5.73 Å². The van der Waals surface area contributed by atoms with E-state index in [4.69, 9.17) is 20.5 Å². The number of methoxy groups -OCH3 is 2. The molecule has 0 radical (unpaired) electrons. The molecule has 2 N–H and O–H groups in total. The van der Waals surface area contributed by atoms with Crippen LogP contribution in [0.4, 0.5) is 5.82 Å². The Kier molecular flexibility index (Phi) is 10.9. The van der Waals surface area contributed by atoms with Gasteiger partial charge >= 0.3 is 0 Å². The molecule has 0 fully saturated rings. The minimum absolute atomic E-state index is 0.161. The lowest BCUT2D eigenvalue weighted by molar-refractivity contribution is 0.00512. The smallest absolute Gasteiger partial charge is 0.145 e. The highest BCUT2D eigenvalue weighted by atomic mass is 79.9. The van der Waals surface area contributed by atoms with Crippen LogP contribution in [0, 0.1) is 11.3 Å². The van der Waals surface area contributed by atoms with Crippen LogP contribution in [-0.2, 0) is 22.6 Å². The highest BCUT2D eigenvalue weighted by Crippen LogP contribution is 2.12. The van der Waals surface area contributed by atoms with E-state index in [-0.39, 0.29) is 11.2 Å². The van der Waals surface area contributed by atoms with Crippen molar-refractivity contribution in [3.63, 3.8) is 0 Å². The second kappa shape index (κ2) is 11.7. The van der Waals surface area contributed by atoms with Gasteiger partial charge in [0, 0.05) is 33.5 Å². The molecule has 0 saturated heterocycles. The Morgan fingerprint density at radius 2 is 1.44 bits per heavy atom. The molecule has 2 aromatic rings. The lowest BCUT2D eigenvalue weighted by atomic mass is 10.1. The summed E-state index contributed by atoms with van der Waals surface area (Å²) in [6, 6.07) is 5.43. The molecule has 152 valence electrons. The monoisotopic (exact) mass is 442 g/mol. The van der Waals surface area contributed by atoms with Gasteiger partial charge in [0.05, 0.1) is 30.4 Å². The molecule has 9 heteroatoms. The fourth-order valence-corrected chi connectivity index (χ4v) is 2.12. The average Bonchev–Trinajstić information content (AvgIpc) is 3.16. The Morgan fingerprint density at radius 3 is 1.74 bits per heavy atom. The first kappa shape index (κ1) is 25.1. The summed E-state index contributed by atoms with van der Waals surface area (Å²) < 4.78 is 15.0. The first-order valence-electron chi connectivity index (χ1n) is 8.37. The van der Waals surface area contributed by atoms with Crippen LogP contribution in [0.5, 0.6) is 0 Å². The molecule has 0 amide bonds. The Labute approximate surface area is 170 Å². The summed E-state index contributed by atoms with van der Waals surface area (Å²) in [6.45, 7) is 11.0. The maximum Gasteiger partial charge on any atom is 0.145 e. The van der Waals surface area contributed by atoms with Crippen molar-refractivity contribution < 1.29 is 9.47 Å².